The van der Waals surface area contributed by atoms with Gasteiger partial charge in [0.15, 0.2) is 0 Å². The van der Waals surface area contributed by atoms with E-state index in [1.165, 1.54) is 6.07 Å². The minimum Gasteiger partial charge on any atom is -0.493 e. The van der Waals surface area contributed by atoms with Crippen LogP contribution in [-0.2, 0) is 4.79 Å². The van der Waals surface area contributed by atoms with Gasteiger partial charge in [0.1, 0.15) is 17.1 Å². The molecule has 0 aliphatic carbocycles. The Kier molecular flexibility index (Phi) is 9.24. The van der Waals surface area contributed by atoms with Gasteiger partial charge in [-0.25, -0.2) is 4.39 Å². The number of amides is 1. The van der Waals surface area contributed by atoms with Crippen molar-refractivity contribution in [3.63, 3.8) is 0 Å². The third kappa shape index (κ3) is 7.21. The van der Waals surface area contributed by atoms with Crippen LogP contribution in [-0.4, -0.2) is 67.6 Å². The molecule has 6 nitrogen and oxygen atoms in total. The standard InChI is InChI=1S/C28H35ClFN3O3/c1-20(2)31-28(34)18-33-13-11-32(12-14-33)10-4-3-5-15-35-22-7-8-23-24(19-36-27(23)17-22)21-6-9-26(30)25(29)16-21/h6-9,16-17,19-20H,3-5,10-15,18H2,1-2H3,(H,31,34). The molecule has 0 saturated carbocycles. The number of carbonyl (C=O) groups is 1. The fourth-order valence-electron chi connectivity index (χ4n) is 4.53. The lowest BCUT2D eigenvalue weighted by Gasteiger charge is -2.34. The van der Waals surface area contributed by atoms with E-state index in [-0.39, 0.29) is 17.0 Å². The second kappa shape index (κ2) is 12.6. The van der Waals surface area contributed by atoms with Gasteiger partial charge in [0.05, 0.1) is 24.4 Å². The second-order valence-electron chi connectivity index (χ2n) is 9.69. The van der Waals surface area contributed by atoms with Crippen LogP contribution in [0, 0.1) is 5.82 Å². The summed E-state index contributed by atoms with van der Waals surface area (Å²) in [6.07, 6.45) is 4.90. The number of fused-ring (bicyclic) bond motifs is 1. The molecule has 8 heteroatoms. The highest BCUT2D eigenvalue weighted by Crippen LogP contribution is 2.34. The van der Waals surface area contributed by atoms with Gasteiger partial charge < -0.3 is 19.4 Å². The van der Waals surface area contributed by atoms with E-state index in [0.29, 0.717) is 13.2 Å². The maximum Gasteiger partial charge on any atom is 0.234 e. The third-order valence-corrected chi connectivity index (χ3v) is 6.74. The monoisotopic (exact) mass is 515 g/mol. The lowest BCUT2D eigenvalue weighted by molar-refractivity contribution is -0.123. The zero-order valence-electron chi connectivity index (χ0n) is 21.1. The highest BCUT2D eigenvalue weighted by atomic mass is 35.5. The molecule has 1 aliphatic heterocycles. The summed E-state index contributed by atoms with van der Waals surface area (Å²) in [4.78, 5) is 16.6. The van der Waals surface area contributed by atoms with Crippen molar-refractivity contribution in [2.75, 3.05) is 45.9 Å². The molecule has 1 aliphatic rings. The lowest BCUT2D eigenvalue weighted by atomic mass is 10.0. The summed E-state index contributed by atoms with van der Waals surface area (Å²) in [7, 11) is 0. The Labute approximate surface area is 217 Å². The van der Waals surface area contributed by atoms with Crippen molar-refractivity contribution < 1.29 is 18.3 Å². The van der Waals surface area contributed by atoms with E-state index in [2.05, 4.69) is 15.1 Å². The number of nitrogens with one attached hydrogen (secondary N) is 1. The highest BCUT2D eigenvalue weighted by molar-refractivity contribution is 6.31. The van der Waals surface area contributed by atoms with Crippen LogP contribution in [0.25, 0.3) is 22.1 Å². The van der Waals surface area contributed by atoms with Gasteiger partial charge in [0.2, 0.25) is 5.91 Å². The van der Waals surface area contributed by atoms with Gasteiger partial charge in [-0.05, 0) is 69.5 Å². The molecule has 4 rings (SSSR count). The van der Waals surface area contributed by atoms with Crippen LogP contribution in [0.15, 0.2) is 47.1 Å². The number of halogens is 2. The van der Waals surface area contributed by atoms with Crippen molar-refractivity contribution in [2.45, 2.75) is 39.2 Å². The molecule has 36 heavy (non-hydrogen) atoms. The molecule has 2 heterocycles. The first-order valence-electron chi connectivity index (χ1n) is 12.7. The number of ether oxygens (including phenoxy) is 1. The number of carbonyl (C=O) groups excluding carboxylic acids is 1. The highest BCUT2D eigenvalue weighted by Gasteiger charge is 2.18. The molecule has 0 unspecified atom stereocenters. The fraction of sp³-hybridized carbons (Fsp3) is 0.464. The molecule has 1 saturated heterocycles. The van der Waals surface area contributed by atoms with Crippen LogP contribution < -0.4 is 10.1 Å². The van der Waals surface area contributed by atoms with Gasteiger partial charge in [-0.15, -0.1) is 0 Å². The number of hydrogen-bond donors (Lipinski definition) is 1. The molecule has 0 bridgehead atoms. The van der Waals surface area contributed by atoms with Crippen LogP contribution in [0.5, 0.6) is 5.75 Å². The van der Waals surface area contributed by atoms with E-state index < -0.39 is 5.82 Å². The summed E-state index contributed by atoms with van der Waals surface area (Å²) in [6, 6.07) is 10.7. The average Bonchev–Trinajstić information content (AvgIpc) is 3.27. The minimum absolute atomic E-state index is 0.0928. The zero-order chi connectivity index (χ0) is 25.5. The first-order chi connectivity index (χ1) is 17.4. The Hall–Kier alpha value is -2.61. The Morgan fingerprint density at radius 2 is 1.86 bits per heavy atom. The molecule has 0 atom stereocenters. The molecule has 1 aromatic heterocycles. The smallest absolute Gasteiger partial charge is 0.234 e. The number of piperazine rings is 1. The predicted molar refractivity (Wildman–Crippen MR) is 142 cm³/mol. The summed E-state index contributed by atoms with van der Waals surface area (Å²) in [5, 5.41) is 3.99. The normalized spacial score (nSPS) is 15.0. The van der Waals surface area contributed by atoms with Crippen LogP contribution in [0.4, 0.5) is 4.39 Å². The quantitative estimate of drug-likeness (QED) is 0.338. The van der Waals surface area contributed by atoms with Crippen molar-refractivity contribution in [1.82, 2.24) is 15.1 Å². The lowest BCUT2D eigenvalue weighted by Crippen LogP contribution is -2.50. The molecule has 3 aromatic rings. The molecular weight excluding hydrogens is 481 g/mol. The van der Waals surface area contributed by atoms with Gasteiger partial charge in [-0.2, -0.15) is 0 Å². The molecule has 2 aromatic carbocycles. The Bertz CT molecular complexity index is 1160. The zero-order valence-corrected chi connectivity index (χ0v) is 21.8. The molecule has 0 spiro atoms. The Morgan fingerprint density at radius 3 is 2.61 bits per heavy atom. The number of unbranched alkanes of at least 4 members (excludes halogenated alkanes) is 2. The number of benzene rings is 2. The average molecular weight is 516 g/mol. The van der Waals surface area contributed by atoms with Crippen molar-refractivity contribution in [2.24, 2.45) is 0 Å². The van der Waals surface area contributed by atoms with Crippen molar-refractivity contribution in [3.05, 3.63) is 53.5 Å². The van der Waals surface area contributed by atoms with Crippen molar-refractivity contribution in [3.8, 4) is 16.9 Å². The molecule has 1 fully saturated rings. The van der Waals surface area contributed by atoms with Crippen LogP contribution >= 0.6 is 11.6 Å². The van der Waals surface area contributed by atoms with Gasteiger partial charge in [0, 0.05) is 49.2 Å². The summed E-state index contributed by atoms with van der Waals surface area (Å²) >= 11 is 5.94. The van der Waals surface area contributed by atoms with Gasteiger partial charge >= 0.3 is 0 Å². The largest absolute Gasteiger partial charge is 0.493 e. The Morgan fingerprint density at radius 1 is 1.08 bits per heavy atom. The topological polar surface area (TPSA) is 58.0 Å². The summed E-state index contributed by atoms with van der Waals surface area (Å²) in [6.45, 7) is 10.1. The molecule has 0 radical (unpaired) electrons. The molecule has 194 valence electrons. The van der Waals surface area contributed by atoms with Gasteiger partial charge in [-0.3, -0.25) is 9.69 Å². The summed E-state index contributed by atoms with van der Waals surface area (Å²) in [5.41, 5.74) is 2.41. The number of nitrogens with zero attached hydrogens (tertiary/aromatic N) is 2. The second-order valence-corrected chi connectivity index (χ2v) is 10.1. The van der Waals surface area contributed by atoms with E-state index in [0.717, 1.165) is 79.8 Å². The van der Waals surface area contributed by atoms with Crippen LogP contribution in [0.2, 0.25) is 5.02 Å². The minimum atomic E-state index is -0.436. The number of furan rings is 1. The van der Waals surface area contributed by atoms with E-state index in [1.54, 1.807) is 18.4 Å². The maximum atomic E-state index is 13.5. The third-order valence-electron chi connectivity index (χ3n) is 6.45. The van der Waals surface area contributed by atoms with Crippen LogP contribution in [0.1, 0.15) is 33.1 Å². The van der Waals surface area contributed by atoms with Crippen molar-refractivity contribution in [1.29, 1.82) is 0 Å². The predicted octanol–water partition coefficient (Wildman–Crippen LogP) is 5.58. The molecule has 1 amide bonds. The summed E-state index contributed by atoms with van der Waals surface area (Å²) < 4.78 is 25.2. The van der Waals surface area contributed by atoms with Gasteiger partial charge in [-0.1, -0.05) is 17.7 Å². The van der Waals surface area contributed by atoms with Gasteiger partial charge in [0.25, 0.3) is 0 Å². The first-order valence-corrected chi connectivity index (χ1v) is 13.1. The van der Waals surface area contributed by atoms with E-state index >= 15 is 0 Å². The fourth-order valence-corrected chi connectivity index (χ4v) is 4.71. The Balaban J connectivity index is 1.14. The molecule has 1 N–H and O–H groups in total. The van der Waals surface area contributed by atoms with E-state index in [4.69, 9.17) is 20.8 Å². The number of rotatable bonds is 11. The summed E-state index contributed by atoms with van der Waals surface area (Å²) in [5.74, 6) is 0.454. The maximum absolute atomic E-state index is 13.5. The first kappa shape index (κ1) is 26.5. The van der Waals surface area contributed by atoms with E-state index in [9.17, 15) is 9.18 Å². The number of hydrogen-bond acceptors (Lipinski definition) is 5. The van der Waals surface area contributed by atoms with Crippen molar-refractivity contribution >= 4 is 28.5 Å². The van der Waals surface area contributed by atoms with E-state index in [1.807, 2.05) is 32.0 Å². The van der Waals surface area contributed by atoms with Crippen LogP contribution in [0.3, 0.4) is 0 Å². The SMILES string of the molecule is CC(C)NC(=O)CN1CCN(CCCCCOc2ccc3c(-c4ccc(F)c(Cl)c4)coc3c2)CC1. The molecular formula is C28H35ClFN3O3.